The zero-order chi connectivity index (χ0) is 30.4. The normalized spacial score (nSPS) is 19.7. The highest BCUT2D eigenvalue weighted by atomic mass is 19.1. The molecule has 1 aliphatic carbocycles. The fraction of sp³-hybridized carbons (Fsp3) is 0.333. The van der Waals surface area contributed by atoms with Crippen molar-refractivity contribution in [3.63, 3.8) is 0 Å². The van der Waals surface area contributed by atoms with E-state index in [1.165, 1.54) is 11.6 Å². The minimum atomic E-state index is -0.675. The molecule has 0 spiro atoms. The molecule has 2 aromatic carbocycles. The number of rotatable bonds is 8. The van der Waals surface area contributed by atoms with E-state index in [2.05, 4.69) is 20.4 Å². The Morgan fingerprint density at radius 1 is 1.00 bits per heavy atom. The van der Waals surface area contributed by atoms with E-state index in [1.54, 1.807) is 24.2 Å². The molecule has 2 fully saturated rings. The van der Waals surface area contributed by atoms with Gasteiger partial charge >= 0.3 is 0 Å². The number of likely N-dealkylation sites (tertiary alicyclic amines) is 1. The largest absolute Gasteiger partial charge is 0.348 e. The number of aromatic nitrogens is 4. The van der Waals surface area contributed by atoms with Crippen molar-refractivity contribution >= 4 is 34.1 Å². The Balaban J connectivity index is 1.20. The second-order valence-corrected chi connectivity index (χ2v) is 11.5. The van der Waals surface area contributed by atoms with Gasteiger partial charge in [-0.2, -0.15) is 5.10 Å². The smallest absolute Gasteiger partial charge is 0.245 e. The van der Waals surface area contributed by atoms with Gasteiger partial charge < -0.3 is 10.2 Å². The monoisotopic (exact) mass is 580 g/mol. The molecule has 2 amide bonds. The first-order chi connectivity index (χ1) is 20.6. The second kappa shape index (κ2) is 11.2. The summed E-state index contributed by atoms with van der Waals surface area (Å²) >= 11 is 0. The van der Waals surface area contributed by atoms with Crippen molar-refractivity contribution in [3.8, 4) is 11.1 Å². The number of aryl methyl sites for hydroxylation is 2. The predicted octanol–water partition coefficient (Wildman–Crippen LogP) is 4.82. The number of fused-ring (bicyclic) bond motifs is 2. The van der Waals surface area contributed by atoms with Crippen LogP contribution in [0.15, 0.2) is 60.7 Å². The van der Waals surface area contributed by atoms with Crippen LogP contribution in [0, 0.1) is 19.8 Å². The summed E-state index contributed by atoms with van der Waals surface area (Å²) in [7, 11) is 0. The lowest BCUT2D eigenvalue weighted by Crippen LogP contribution is -2.49. The Hall–Kier alpha value is -4.73. The van der Waals surface area contributed by atoms with Crippen LogP contribution in [0.1, 0.15) is 54.1 Å². The van der Waals surface area contributed by atoms with Gasteiger partial charge in [0.15, 0.2) is 5.78 Å². The van der Waals surface area contributed by atoms with Crippen molar-refractivity contribution < 1.29 is 18.8 Å². The molecular formula is C33H33FN6O3. The molecular weight excluding hydrogens is 547 g/mol. The molecule has 1 aliphatic heterocycles. The van der Waals surface area contributed by atoms with E-state index >= 15 is 0 Å². The minimum absolute atomic E-state index is 0.0140. The highest BCUT2D eigenvalue weighted by Crippen LogP contribution is 2.48. The summed E-state index contributed by atoms with van der Waals surface area (Å²) in [6, 6.07) is 12.4. The fourth-order valence-corrected chi connectivity index (χ4v) is 5.99. The number of hydrogen-bond donors (Lipinski definition) is 1. The summed E-state index contributed by atoms with van der Waals surface area (Å²) in [5, 5.41) is 7.84. The van der Waals surface area contributed by atoms with Gasteiger partial charge in [0.05, 0.1) is 12.1 Å². The number of carbonyl (C=O) groups is 3. The summed E-state index contributed by atoms with van der Waals surface area (Å²) < 4.78 is 16.5. The molecule has 10 heteroatoms. The van der Waals surface area contributed by atoms with Gasteiger partial charge in [0, 0.05) is 36.3 Å². The zero-order valence-electron chi connectivity index (χ0n) is 24.6. The summed E-state index contributed by atoms with van der Waals surface area (Å²) in [5.41, 5.74) is 4.80. The summed E-state index contributed by atoms with van der Waals surface area (Å²) in [6.07, 6.45) is 4.84. The molecule has 1 saturated carbocycles. The van der Waals surface area contributed by atoms with E-state index in [0.29, 0.717) is 28.7 Å². The molecule has 0 unspecified atom stereocenters. The first kappa shape index (κ1) is 28.4. The zero-order valence-corrected chi connectivity index (χ0v) is 24.6. The van der Waals surface area contributed by atoms with Crippen molar-refractivity contribution in [1.29, 1.82) is 0 Å². The maximum absolute atomic E-state index is 15.0. The maximum atomic E-state index is 15.0. The number of halogens is 1. The third-order valence-corrected chi connectivity index (χ3v) is 8.45. The number of ketones is 1. The molecule has 6 rings (SSSR count). The van der Waals surface area contributed by atoms with Gasteiger partial charge in [0.1, 0.15) is 29.9 Å². The Bertz CT molecular complexity index is 1790. The van der Waals surface area contributed by atoms with Gasteiger partial charge in [0.25, 0.3) is 0 Å². The number of Topliss-reactive ketones (excluding diaryl/α,β-unsaturated/α-hetero) is 1. The van der Waals surface area contributed by atoms with Crippen LogP contribution < -0.4 is 5.32 Å². The van der Waals surface area contributed by atoms with Gasteiger partial charge in [-0.25, -0.2) is 14.4 Å². The Morgan fingerprint density at radius 2 is 1.77 bits per heavy atom. The Labute approximate surface area is 248 Å². The molecule has 1 N–H and O–H groups in total. The van der Waals surface area contributed by atoms with Crippen molar-refractivity contribution in [1.82, 2.24) is 30.0 Å². The Kier molecular flexibility index (Phi) is 7.37. The fourth-order valence-electron chi connectivity index (χ4n) is 5.99. The van der Waals surface area contributed by atoms with E-state index < -0.39 is 11.9 Å². The van der Waals surface area contributed by atoms with Crippen molar-refractivity contribution in [2.75, 3.05) is 6.54 Å². The molecule has 2 aromatic heterocycles. The van der Waals surface area contributed by atoms with Crippen LogP contribution >= 0.6 is 0 Å². The molecule has 9 nitrogen and oxygen atoms in total. The number of hydrogen-bond acceptors (Lipinski definition) is 6. The molecule has 2 aliphatic rings. The quantitative estimate of drug-likeness (QED) is 0.299. The van der Waals surface area contributed by atoms with E-state index in [9.17, 15) is 18.8 Å². The summed E-state index contributed by atoms with van der Waals surface area (Å²) in [5.74, 6) is -0.344. The van der Waals surface area contributed by atoms with E-state index in [-0.39, 0.29) is 48.3 Å². The maximum Gasteiger partial charge on any atom is 0.245 e. The average molecular weight is 581 g/mol. The van der Waals surface area contributed by atoms with E-state index in [1.807, 2.05) is 56.3 Å². The van der Waals surface area contributed by atoms with Gasteiger partial charge in [-0.05, 0) is 68.4 Å². The number of nitrogens with one attached hydrogen (secondary N) is 1. The highest BCUT2D eigenvalue weighted by Gasteiger charge is 2.56. The molecule has 3 heterocycles. The first-order valence-corrected chi connectivity index (χ1v) is 14.4. The van der Waals surface area contributed by atoms with Gasteiger partial charge in [-0.3, -0.25) is 19.1 Å². The lowest BCUT2D eigenvalue weighted by atomic mass is 10.0. The van der Waals surface area contributed by atoms with Crippen LogP contribution in [-0.4, -0.2) is 60.9 Å². The van der Waals surface area contributed by atoms with Crippen LogP contribution in [0.2, 0.25) is 0 Å². The second-order valence-electron chi connectivity index (χ2n) is 11.5. The lowest BCUT2D eigenvalue weighted by Gasteiger charge is -2.27. The van der Waals surface area contributed by atoms with Crippen LogP contribution in [-0.2, 0) is 16.1 Å². The third kappa shape index (κ3) is 5.57. The van der Waals surface area contributed by atoms with Crippen LogP contribution in [0.3, 0.4) is 0 Å². The SMILES string of the molecule is CC(=O)c1nn(CC(=O)N2[C@@H]3C[C@@H]3C[C@H]2C(=O)NC/C(F)=C(/C)c2cccc(C)c2)c2ccc(-c3cnc(C)nc3)cc12. The highest BCUT2D eigenvalue weighted by molar-refractivity contribution is 6.06. The van der Waals surface area contributed by atoms with Gasteiger partial charge in [-0.1, -0.05) is 35.9 Å². The van der Waals surface area contributed by atoms with Gasteiger partial charge in [-0.15, -0.1) is 0 Å². The number of nitrogens with zero attached hydrogens (tertiary/aromatic N) is 5. The average Bonchev–Trinajstić information content (AvgIpc) is 3.50. The molecule has 3 atom stereocenters. The molecule has 0 radical (unpaired) electrons. The van der Waals surface area contributed by atoms with Crippen molar-refractivity contribution in [3.05, 3.63) is 83.3 Å². The van der Waals surface area contributed by atoms with Crippen LogP contribution in [0.5, 0.6) is 0 Å². The third-order valence-electron chi connectivity index (χ3n) is 8.45. The van der Waals surface area contributed by atoms with Crippen LogP contribution in [0.25, 0.3) is 27.6 Å². The topological polar surface area (TPSA) is 110 Å². The van der Waals surface area contributed by atoms with Crippen LogP contribution in [0.4, 0.5) is 4.39 Å². The first-order valence-electron chi connectivity index (χ1n) is 14.4. The van der Waals surface area contributed by atoms with Gasteiger partial charge in [0.2, 0.25) is 11.8 Å². The van der Waals surface area contributed by atoms with E-state index in [4.69, 9.17) is 0 Å². The molecule has 0 bridgehead atoms. The number of carbonyl (C=O) groups excluding carboxylic acids is 3. The van der Waals surface area contributed by atoms with E-state index in [0.717, 1.165) is 28.7 Å². The summed E-state index contributed by atoms with van der Waals surface area (Å²) in [4.78, 5) is 49.6. The number of allylic oxidation sites excluding steroid dienone is 1. The molecule has 1 saturated heterocycles. The standard InChI is InChI=1S/C33H33FN6O3/c1-18-6-5-7-22(10-18)19(2)27(34)16-37-33(43)30-13-24-12-29(24)40(30)31(42)17-39-28-9-8-23(25-14-35-21(4)36-15-25)11-26(28)32(38-39)20(3)41/h5-11,14-15,24,29-30H,12-13,16-17H2,1-4H3,(H,37,43)/b27-19+/t24-,29-,30+/m1/s1. The minimum Gasteiger partial charge on any atom is -0.348 e. The number of amides is 2. The van der Waals surface area contributed by atoms with Crippen molar-refractivity contribution in [2.45, 2.75) is 59.2 Å². The molecule has 43 heavy (non-hydrogen) atoms. The predicted molar refractivity (Wildman–Crippen MR) is 161 cm³/mol. The number of piperidine rings is 1. The molecule has 220 valence electrons. The number of benzene rings is 2. The summed E-state index contributed by atoms with van der Waals surface area (Å²) in [6.45, 7) is 6.52. The Morgan fingerprint density at radius 3 is 2.49 bits per heavy atom. The molecule has 4 aromatic rings. The van der Waals surface area contributed by atoms with Crippen molar-refractivity contribution in [2.24, 2.45) is 5.92 Å². The lowest BCUT2D eigenvalue weighted by molar-refractivity contribution is -0.140.